The lowest BCUT2D eigenvalue weighted by molar-refractivity contribution is -0.138. The van der Waals surface area contributed by atoms with E-state index in [1.165, 1.54) is 4.70 Å². The summed E-state index contributed by atoms with van der Waals surface area (Å²) in [5, 5.41) is 1.05. The van der Waals surface area contributed by atoms with Crippen molar-refractivity contribution >= 4 is 28.0 Å². The topological polar surface area (TPSA) is 55.0 Å². The number of carbonyl (C=O) groups excluding carboxylic acids is 1. The number of para-hydroxylation sites is 1. The minimum Gasteiger partial charge on any atom is -0.462 e. The van der Waals surface area contributed by atoms with E-state index in [-0.39, 0.29) is 5.60 Å². The highest BCUT2D eigenvalue weighted by molar-refractivity contribution is 7.21. The van der Waals surface area contributed by atoms with Crippen LogP contribution in [-0.4, -0.2) is 22.0 Å². The van der Waals surface area contributed by atoms with Crippen molar-refractivity contribution in [1.82, 2.24) is 9.97 Å². The standard InChI is InChI=1S/C11H8N2S.C5H10O2/c1-2-6-10-8(4-1)13-11(14-10)9-5-3-7-12-9;1-5(2,3)7-4-6/h1-7,12H;4H,1-3H3. The minimum atomic E-state index is -0.318. The van der Waals surface area contributed by atoms with Crippen LogP contribution < -0.4 is 0 Å². The molecule has 3 aromatic rings. The highest BCUT2D eigenvalue weighted by Crippen LogP contribution is 2.28. The molecule has 0 radical (unpaired) electrons. The molecule has 2 aromatic heterocycles. The first kappa shape index (κ1) is 15.3. The van der Waals surface area contributed by atoms with Gasteiger partial charge in [-0.3, -0.25) is 4.79 Å². The summed E-state index contributed by atoms with van der Waals surface area (Å²) >= 11 is 1.71. The summed E-state index contributed by atoms with van der Waals surface area (Å²) in [7, 11) is 0. The molecule has 1 N–H and O–H groups in total. The molecule has 0 fully saturated rings. The number of thiazole rings is 1. The van der Waals surface area contributed by atoms with Crippen molar-refractivity contribution in [1.29, 1.82) is 0 Å². The van der Waals surface area contributed by atoms with E-state index >= 15 is 0 Å². The molecule has 0 aliphatic heterocycles. The SMILES string of the molecule is CC(C)(C)OC=O.c1c[nH]c(-c2nc3ccccc3s2)c1. The molecule has 4 nitrogen and oxygen atoms in total. The lowest BCUT2D eigenvalue weighted by atomic mass is 10.2. The molecule has 1 aromatic carbocycles. The number of carbonyl (C=O) groups is 1. The van der Waals surface area contributed by atoms with Gasteiger partial charge in [0.25, 0.3) is 6.47 Å². The van der Waals surface area contributed by atoms with Crippen LogP contribution in [0.5, 0.6) is 0 Å². The number of hydrogen-bond donors (Lipinski definition) is 1. The van der Waals surface area contributed by atoms with Crippen molar-refractivity contribution in [2.45, 2.75) is 26.4 Å². The van der Waals surface area contributed by atoms with Gasteiger partial charge in [-0.2, -0.15) is 0 Å². The first-order valence-corrected chi connectivity index (χ1v) is 7.42. The maximum atomic E-state index is 9.60. The molecule has 21 heavy (non-hydrogen) atoms. The van der Waals surface area contributed by atoms with Crippen LogP contribution in [0.2, 0.25) is 0 Å². The first-order valence-electron chi connectivity index (χ1n) is 6.60. The van der Waals surface area contributed by atoms with Gasteiger partial charge in [0.05, 0.1) is 15.9 Å². The second-order valence-electron chi connectivity index (χ2n) is 5.40. The Kier molecular flexibility index (Phi) is 4.75. The molecule has 0 aliphatic rings. The summed E-state index contributed by atoms with van der Waals surface area (Å²) in [6.07, 6.45) is 1.92. The Bertz CT molecular complexity index is 663. The van der Waals surface area contributed by atoms with E-state index in [1.54, 1.807) is 11.3 Å². The summed E-state index contributed by atoms with van der Waals surface area (Å²) < 4.78 is 5.78. The molecule has 3 rings (SSSR count). The van der Waals surface area contributed by atoms with E-state index in [1.807, 2.05) is 57.3 Å². The van der Waals surface area contributed by atoms with E-state index in [9.17, 15) is 4.79 Å². The van der Waals surface area contributed by atoms with Gasteiger partial charge in [0, 0.05) is 6.20 Å². The Morgan fingerprint density at radius 3 is 2.48 bits per heavy atom. The van der Waals surface area contributed by atoms with E-state index in [0.29, 0.717) is 6.47 Å². The van der Waals surface area contributed by atoms with Gasteiger partial charge in [-0.25, -0.2) is 4.98 Å². The molecule has 0 saturated carbocycles. The highest BCUT2D eigenvalue weighted by atomic mass is 32.1. The number of H-pyrrole nitrogens is 1. The van der Waals surface area contributed by atoms with Gasteiger partial charge >= 0.3 is 0 Å². The molecule has 0 spiro atoms. The lowest BCUT2D eigenvalue weighted by Crippen LogP contribution is -2.17. The summed E-state index contributed by atoms with van der Waals surface area (Å²) in [6, 6.07) is 12.2. The summed E-state index contributed by atoms with van der Waals surface area (Å²) in [4.78, 5) is 17.3. The molecule has 0 bridgehead atoms. The Labute approximate surface area is 127 Å². The van der Waals surface area contributed by atoms with Crippen molar-refractivity contribution in [3.8, 4) is 10.7 Å². The molecule has 0 amide bonds. The van der Waals surface area contributed by atoms with Crippen LogP contribution in [-0.2, 0) is 9.53 Å². The Hall–Kier alpha value is -2.14. The van der Waals surface area contributed by atoms with Crippen LogP contribution in [0, 0.1) is 0 Å². The van der Waals surface area contributed by atoms with Crippen LogP contribution >= 0.6 is 11.3 Å². The second kappa shape index (κ2) is 6.54. The van der Waals surface area contributed by atoms with E-state index in [4.69, 9.17) is 0 Å². The lowest BCUT2D eigenvalue weighted by Gasteiger charge is -2.14. The molecule has 0 aliphatic carbocycles. The number of benzene rings is 1. The zero-order valence-corrected chi connectivity index (χ0v) is 13.1. The average molecular weight is 302 g/mol. The van der Waals surface area contributed by atoms with Crippen molar-refractivity contribution in [2.75, 3.05) is 0 Å². The number of nitrogens with one attached hydrogen (secondary N) is 1. The van der Waals surface area contributed by atoms with E-state index in [2.05, 4.69) is 20.8 Å². The predicted molar refractivity (Wildman–Crippen MR) is 86.3 cm³/mol. The first-order chi connectivity index (χ1) is 9.99. The van der Waals surface area contributed by atoms with Crippen molar-refractivity contribution in [3.05, 3.63) is 42.6 Å². The van der Waals surface area contributed by atoms with Gasteiger partial charge in [0.1, 0.15) is 10.6 Å². The maximum Gasteiger partial charge on any atom is 0.293 e. The molecule has 0 saturated heterocycles. The van der Waals surface area contributed by atoms with Gasteiger partial charge < -0.3 is 9.72 Å². The summed E-state index contributed by atoms with van der Waals surface area (Å²) in [6.45, 7) is 5.92. The molecule has 0 unspecified atom stereocenters. The molecular formula is C16H18N2O2S. The number of aromatic amines is 1. The highest BCUT2D eigenvalue weighted by Gasteiger charge is 2.07. The van der Waals surface area contributed by atoms with Crippen LogP contribution in [0.15, 0.2) is 42.6 Å². The van der Waals surface area contributed by atoms with Crippen molar-refractivity contribution < 1.29 is 9.53 Å². The van der Waals surface area contributed by atoms with Gasteiger partial charge in [0.15, 0.2) is 0 Å². The smallest absolute Gasteiger partial charge is 0.293 e. The molecule has 2 heterocycles. The zero-order valence-electron chi connectivity index (χ0n) is 12.3. The second-order valence-corrected chi connectivity index (χ2v) is 6.43. The monoisotopic (exact) mass is 302 g/mol. The van der Waals surface area contributed by atoms with Crippen molar-refractivity contribution in [3.63, 3.8) is 0 Å². The average Bonchev–Trinajstić information content (AvgIpc) is 3.07. The largest absolute Gasteiger partial charge is 0.462 e. The van der Waals surface area contributed by atoms with Crippen LogP contribution in [0.1, 0.15) is 20.8 Å². The Morgan fingerprint density at radius 2 is 1.95 bits per heavy atom. The van der Waals surface area contributed by atoms with Gasteiger partial charge in [0.2, 0.25) is 0 Å². The summed E-state index contributed by atoms with van der Waals surface area (Å²) in [5.74, 6) is 0. The van der Waals surface area contributed by atoms with Gasteiger partial charge in [-0.15, -0.1) is 11.3 Å². The fourth-order valence-electron chi connectivity index (χ4n) is 1.60. The van der Waals surface area contributed by atoms with Crippen LogP contribution in [0.3, 0.4) is 0 Å². The van der Waals surface area contributed by atoms with Crippen molar-refractivity contribution in [2.24, 2.45) is 0 Å². The Balaban J connectivity index is 0.000000199. The quantitative estimate of drug-likeness (QED) is 0.720. The summed E-state index contributed by atoms with van der Waals surface area (Å²) in [5.41, 5.74) is 1.84. The number of aromatic nitrogens is 2. The zero-order chi connectivity index (χ0) is 15.3. The molecule has 110 valence electrons. The Morgan fingerprint density at radius 1 is 1.19 bits per heavy atom. The minimum absolute atomic E-state index is 0.318. The third-order valence-electron chi connectivity index (χ3n) is 2.52. The maximum absolute atomic E-state index is 9.60. The number of nitrogens with zero attached hydrogens (tertiary/aromatic N) is 1. The normalized spacial score (nSPS) is 10.8. The third kappa shape index (κ3) is 4.43. The molecular weight excluding hydrogens is 284 g/mol. The fraction of sp³-hybridized carbons (Fsp3) is 0.250. The number of rotatable bonds is 2. The number of ether oxygens (including phenoxy) is 1. The third-order valence-corrected chi connectivity index (χ3v) is 3.59. The number of fused-ring (bicyclic) bond motifs is 1. The van der Waals surface area contributed by atoms with Crippen LogP contribution in [0.4, 0.5) is 0 Å². The van der Waals surface area contributed by atoms with E-state index in [0.717, 1.165) is 16.2 Å². The number of hydrogen-bond acceptors (Lipinski definition) is 4. The van der Waals surface area contributed by atoms with Gasteiger partial charge in [-0.05, 0) is 45.0 Å². The van der Waals surface area contributed by atoms with E-state index < -0.39 is 0 Å². The predicted octanol–water partition coefficient (Wildman–Crippen LogP) is 4.25. The fourth-order valence-corrected chi connectivity index (χ4v) is 2.55. The van der Waals surface area contributed by atoms with Gasteiger partial charge in [-0.1, -0.05) is 12.1 Å². The molecule has 0 atom stereocenters. The molecule has 5 heteroatoms. The van der Waals surface area contributed by atoms with Crippen LogP contribution in [0.25, 0.3) is 20.9 Å².